The molecule has 0 amide bonds. The third-order valence-electron chi connectivity index (χ3n) is 1.53. The summed E-state index contributed by atoms with van der Waals surface area (Å²) < 4.78 is 38.1. The van der Waals surface area contributed by atoms with E-state index in [1.807, 2.05) is 18.2 Å². The van der Waals surface area contributed by atoms with Crippen molar-refractivity contribution in [2.45, 2.75) is 25.9 Å². The summed E-state index contributed by atoms with van der Waals surface area (Å²) in [6.07, 6.45) is -0.194. The van der Waals surface area contributed by atoms with E-state index in [2.05, 4.69) is 9.72 Å². The summed E-state index contributed by atoms with van der Waals surface area (Å²) in [5.74, 6) is -2.11. The molecule has 1 aromatic rings. The van der Waals surface area contributed by atoms with Crippen molar-refractivity contribution in [3.63, 3.8) is 0 Å². The molecule has 0 N–H and O–H groups in total. The van der Waals surface area contributed by atoms with Crippen molar-refractivity contribution < 1.29 is 22.7 Å². The van der Waals surface area contributed by atoms with Crippen LogP contribution >= 0.6 is 0 Å². The van der Waals surface area contributed by atoms with Crippen molar-refractivity contribution in [1.82, 2.24) is 4.98 Å². The molecule has 1 aromatic heterocycles. The average molecular weight is 249 g/mol. The van der Waals surface area contributed by atoms with E-state index in [1.54, 1.807) is 19.3 Å². The number of nitrogens with zero attached hydrogens (tertiary/aromatic N) is 1. The molecule has 0 saturated carbocycles. The zero-order valence-electron chi connectivity index (χ0n) is 9.41. The summed E-state index contributed by atoms with van der Waals surface area (Å²) in [6, 6.07) is 5.72. The highest BCUT2D eigenvalue weighted by atomic mass is 19.4. The standard InChI is InChI=1S/C6H9F3O2.C5H5N/c1-2-3-4-11-5(10)6(7,8)9;1-2-4-6-5-3-1/h2-4H2,1H3;1-5H. The largest absolute Gasteiger partial charge is 0.490 e. The average Bonchev–Trinajstić information content (AvgIpc) is 2.31. The lowest BCUT2D eigenvalue weighted by atomic mass is 10.4. The van der Waals surface area contributed by atoms with E-state index in [1.165, 1.54) is 0 Å². The van der Waals surface area contributed by atoms with Gasteiger partial charge in [-0.1, -0.05) is 19.4 Å². The second-order valence-corrected chi connectivity index (χ2v) is 3.01. The minimum Gasteiger partial charge on any atom is -0.459 e. The smallest absolute Gasteiger partial charge is 0.459 e. The third-order valence-corrected chi connectivity index (χ3v) is 1.53. The maximum atomic E-state index is 11.4. The first-order chi connectivity index (χ1) is 7.98. The van der Waals surface area contributed by atoms with Crippen molar-refractivity contribution >= 4 is 5.97 Å². The van der Waals surface area contributed by atoms with Gasteiger partial charge in [0.2, 0.25) is 0 Å². The van der Waals surface area contributed by atoms with Gasteiger partial charge >= 0.3 is 12.1 Å². The molecule has 0 unspecified atom stereocenters. The van der Waals surface area contributed by atoms with Crippen LogP contribution in [0, 0.1) is 0 Å². The van der Waals surface area contributed by atoms with Crippen LogP contribution in [0.5, 0.6) is 0 Å². The van der Waals surface area contributed by atoms with Gasteiger partial charge in [0, 0.05) is 12.4 Å². The van der Waals surface area contributed by atoms with Crippen LogP contribution < -0.4 is 0 Å². The normalized spacial score (nSPS) is 10.1. The molecule has 0 aliphatic rings. The Balaban J connectivity index is 0.000000354. The monoisotopic (exact) mass is 249 g/mol. The van der Waals surface area contributed by atoms with Gasteiger partial charge in [0.25, 0.3) is 0 Å². The van der Waals surface area contributed by atoms with E-state index < -0.39 is 12.1 Å². The zero-order chi connectivity index (χ0) is 13.1. The second-order valence-electron chi connectivity index (χ2n) is 3.01. The van der Waals surface area contributed by atoms with Gasteiger partial charge in [-0.2, -0.15) is 13.2 Å². The Morgan fingerprint density at radius 3 is 2.12 bits per heavy atom. The first-order valence-corrected chi connectivity index (χ1v) is 5.07. The third kappa shape index (κ3) is 9.35. The van der Waals surface area contributed by atoms with Crippen molar-refractivity contribution in [3.05, 3.63) is 30.6 Å². The topological polar surface area (TPSA) is 39.2 Å². The Kier molecular flexibility index (Phi) is 7.75. The molecule has 96 valence electrons. The van der Waals surface area contributed by atoms with Gasteiger partial charge in [0.15, 0.2) is 0 Å². The predicted molar refractivity (Wildman–Crippen MR) is 56.2 cm³/mol. The van der Waals surface area contributed by atoms with Gasteiger partial charge in [0.1, 0.15) is 0 Å². The fourth-order valence-corrected chi connectivity index (χ4v) is 0.704. The van der Waals surface area contributed by atoms with E-state index >= 15 is 0 Å². The molecule has 0 saturated heterocycles. The molecular formula is C11H14F3NO2. The summed E-state index contributed by atoms with van der Waals surface area (Å²) in [7, 11) is 0. The number of unbranched alkanes of at least 4 members (excludes halogenated alkanes) is 1. The number of aromatic nitrogens is 1. The number of carbonyl (C=O) groups excluding carboxylic acids is 1. The van der Waals surface area contributed by atoms with E-state index in [0.29, 0.717) is 12.8 Å². The van der Waals surface area contributed by atoms with Crippen molar-refractivity contribution in [2.75, 3.05) is 6.61 Å². The van der Waals surface area contributed by atoms with E-state index in [9.17, 15) is 18.0 Å². The lowest BCUT2D eigenvalue weighted by Crippen LogP contribution is -2.25. The van der Waals surface area contributed by atoms with Crippen LogP contribution in [-0.4, -0.2) is 23.7 Å². The SMILES string of the molecule is CCCCOC(=O)C(F)(F)F.c1ccncc1. The van der Waals surface area contributed by atoms with Crippen molar-refractivity contribution in [2.24, 2.45) is 0 Å². The van der Waals surface area contributed by atoms with Gasteiger partial charge in [-0.3, -0.25) is 4.98 Å². The molecule has 0 atom stereocenters. The predicted octanol–water partition coefficient (Wildman–Crippen LogP) is 2.97. The number of pyridine rings is 1. The molecule has 0 bridgehead atoms. The maximum Gasteiger partial charge on any atom is 0.490 e. The number of hydrogen-bond donors (Lipinski definition) is 0. The summed E-state index contributed by atoms with van der Waals surface area (Å²) in [5, 5.41) is 0. The summed E-state index contributed by atoms with van der Waals surface area (Å²) in [4.78, 5) is 13.8. The van der Waals surface area contributed by atoms with Crippen LogP contribution in [0.1, 0.15) is 19.8 Å². The highest BCUT2D eigenvalue weighted by Gasteiger charge is 2.40. The highest BCUT2D eigenvalue weighted by Crippen LogP contribution is 2.16. The summed E-state index contributed by atoms with van der Waals surface area (Å²) in [6.45, 7) is 1.64. The Morgan fingerprint density at radius 1 is 1.24 bits per heavy atom. The lowest BCUT2D eigenvalue weighted by molar-refractivity contribution is -0.199. The second kappa shape index (κ2) is 8.55. The number of carbonyl (C=O) groups is 1. The molecule has 0 aliphatic carbocycles. The Labute approximate surface area is 97.6 Å². The summed E-state index contributed by atoms with van der Waals surface area (Å²) >= 11 is 0. The lowest BCUT2D eigenvalue weighted by Gasteiger charge is -2.05. The van der Waals surface area contributed by atoms with Gasteiger partial charge in [0.05, 0.1) is 6.61 Å². The van der Waals surface area contributed by atoms with E-state index in [4.69, 9.17) is 0 Å². The van der Waals surface area contributed by atoms with Gasteiger partial charge in [-0.05, 0) is 18.6 Å². The van der Waals surface area contributed by atoms with Crippen LogP contribution in [0.2, 0.25) is 0 Å². The molecule has 0 spiro atoms. The molecule has 1 rings (SSSR count). The van der Waals surface area contributed by atoms with Crippen molar-refractivity contribution in [3.8, 4) is 0 Å². The zero-order valence-corrected chi connectivity index (χ0v) is 9.41. The number of alkyl halides is 3. The molecule has 6 heteroatoms. The highest BCUT2D eigenvalue weighted by molar-refractivity contribution is 5.75. The Hall–Kier alpha value is -1.59. The van der Waals surface area contributed by atoms with E-state index in [-0.39, 0.29) is 6.61 Å². The molecule has 0 aromatic carbocycles. The minimum atomic E-state index is -4.85. The van der Waals surface area contributed by atoms with Gasteiger partial charge in [-0.25, -0.2) is 4.79 Å². The molecule has 1 heterocycles. The fourth-order valence-electron chi connectivity index (χ4n) is 0.704. The maximum absolute atomic E-state index is 11.4. The number of ether oxygens (including phenoxy) is 1. The molecule has 0 aliphatic heterocycles. The van der Waals surface area contributed by atoms with Crippen molar-refractivity contribution in [1.29, 1.82) is 0 Å². The van der Waals surface area contributed by atoms with Crippen LogP contribution in [0.25, 0.3) is 0 Å². The molecular weight excluding hydrogens is 235 g/mol. The first kappa shape index (κ1) is 15.4. The Bertz CT molecular complexity index is 275. The fraction of sp³-hybridized carbons (Fsp3) is 0.455. The quantitative estimate of drug-likeness (QED) is 0.610. The molecule has 3 nitrogen and oxygen atoms in total. The number of esters is 1. The first-order valence-electron chi connectivity index (χ1n) is 5.07. The van der Waals surface area contributed by atoms with Gasteiger partial charge in [-0.15, -0.1) is 0 Å². The molecule has 17 heavy (non-hydrogen) atoms. The van der Waals surface area contributed by atoms with Crippen LogP contribution in [0.15, 0.2) is 30.6 Å². The van der Waals surface area contributed by atoms with E-state index in [0.717, 1.165) is 0 Å². The Morgan fingerprint density at radius 2 is 1.82 bits per heavy atom. The van der Waals surface area contributed by atoms with Crippen LogP contribution in [0.4, 0.5) is 13.2 Å². The number of hydrogen-bond acceptors (Lipinski definition) is 3. The van der Waals surface area contributed by atoms with Crippen LogP contribution in [-0.2, 0) is 9.53 Å². The van der Waals surface area contributed by atoms with Gasteiger partial charge < -0.3 is 4.74 Å². The van der Waals surface area contributed by atoms with Crippen LogP contribution in [0.3, 0.4) is 0 Å². The minimum absolute atomic E-state index is 0.158. The number of rotatable bonds is 3. The summed E-state index contributed by atoms with van der Waals surface area (Å²) in [5.41, 5.74) is 0. The molecule has 0 radical (unpaired) electrons. The number of halogens is 3. The molecule has 0 fully saturated rings.